The van der Waals surface area contributed by atoms with Crippen molar-refractivity contribution in [3.05, 3.63) is 59.0 Å². The summed E-state index contributed by atoms with van der Waals surface area (Å²) in [6.07, 6.45) is 0.251. The highest BCUT2D eigenvalue weighted by atomic mass is 35.5. The van der Waals surface area contributed by atoms with Gasteiger partial charge in [-0.15, -0.1) is 0 Å². The second-order valence-corrected chi connectivity index (χ2v) is 5.61. The molecule has 0 radical (unpaired) electrons. The van der Waals surface area contributed by atoms with E-state index in [9.17, 15) is 18.8 Å². The van der Waals surface area contributed by atoms with E-state index in [4.69, 9.17) is 16.3 Å². The van der Waals surface area contributed by atoms with Gasteiger partial charge in [-0.25, -0.2) is 9.37 Å². The SMILES string of the molecule is C[C@H](OC(=O)CNC(=O)c1cccc(F)c1)C(=O)Nc1ccc(Cl)cn1. The predicted octanol–water partition coefficient (Wildman–Crippen LogP) is 2.17. The Morgan fingerprint density at radius 1 is 1.27 bits per heavy atom. The number of pyridine rings is 1. The van der Waals surface area contributed by atoms with E-state index in [1.54, 1.807) is 6.07 Å². The molecule has 0 saturated carbocycles. The minimum atomic E-state index is -1.11. The molecule has 0 aliphatic carbocycles. The first kappa shape index (κ1) is 19.3. The normalized spacial score (nSPS) is 11.3. The van der Waals surface area contributed by atoms with Crippen molar-refractivity contribution in [3.63, 3.8) is 0 Å². The third-order valence-corrected chi connectivity index (χ3v) is 3.36. The van der Waals surface area contributed by atoms with Crippen molar-refractivity contribution in [2.75, 3.05) is 11.9 Å². The number of amides is 2. The van der Waals surface area contributed by atoms with Crippen LogP contribution in [0.5, 0.6) is 0 Å². The summed E-state index contributed by atoms with van der Waals surface area (Å²) in [5, 5.41) is 5.16. The molecule has 0 aliphatic heterocycles. The maximum absolute atomic E-state index is 13.1. The quantitative estimate of drug-likeness (QED) is 0.750. The maximum atomic E-state index is 13.1. The summed E-state index contributed by atoms with van der Waals surface area (Å²) in [7, 11) is 0. The second-order valence-electron chi connectivity index (χ2n) is 5.18. The van der Waals surface area contributed by atoms with Gasteiger partial charge in [-0.05, 0) is 37.3 Å². The monoisotopic (exact) mass is 379 g/mol. The molecule has 0 bridgehead atoms. The number of nitrogens with zero attached hydrogens (tertiary/aromatic N) is 1. The highest BCUT2D eigenvalue weighted by Crippen LogP contribution is 2.10. The molecule has 1 atom stereocenters. The van der Waals surface area contributed by atoms with Crippen molar-refractivity contribution in [3.8, 4) is 0 Å². The number of benzene rings is 1. The number of rotatable bonds is 6. The zero-order valence-corrected chi connectivity index (χ0v) is 14.4. The van der Waals surface area contributed by atoms with Gasteiger partial charge in [0, 0.05) is 11.8 Å². The van der Waals surface area contributed by atoms with Crippen LogP contribution in [0.3, 0.4) is 0 Å². The van der Waals surface area contributed by atoms with Crippen molar-refractivity contribution < 1.29 is 23.5 Å². The first-order valence-electron chi connectivity index (χ1n) is 7.51. The van der Waals surface area contributed by atoms with Gasteiger partial charge in [-0.2, -0.15) is 0 Å². The first-order chi connectivity index (χ1) is 12.3. The maximum Gasteiger partial charge on any atom is 0.326 e. The number of esters is 1. The fourth-order valence-electron chi connectivity index (χ4n) is 1.85. The Morgan fingerprint density at radius 3 is 2.69 bits per heavy atom. The molecule has 1 aromatic carbocycles. The minimum absolute atomic E-state index is 0.0670. The van der Waals surface area contributed by atoms with Crippen molar-refractivity contribution >= 4 is 35.2 Å². The van der Waals surface area contributed by atoms with E-state index in [0.29, 0.717) is 5.02 Å². The molecule has 7 nitrogen and oxygen atoms in total. The molecule has 26 heavy (non-hydrogen) atoms. The lowest BCUT2D eigenvalue weighted by Gasteiger charge is -2.13. The molecule has 2 amide bonds. The van der Waals surface area contributed by atoms with Crippen LogP contribution in [0, 0.1) is 5.82 Å². The Kier molecular flexibility index (Phi) is 6.62. The summed E-state index contributed by atoms with van der Waals surface area (Å²) in [5.74, 6) is -2.36. The molecule has 0 unspecified atom stereocenters. The van der Waals surface area contributed by atoms with Crippen LogP contribution >= 0.6 is 11.6 Å². The molecule has 0 spiro atoms. The number of nitrogens with one attached hydrogen (secondary N) is 2. The van der Waals surface area contributed by atoms with E-state index in [0.717, 1.165) is 6.07 Å². The summed E-state index contributed by atoms with van der Waals surface area (Å²) in [6, 6.07) is 8.05. The summed E-state index contributed by atoms with van der Waals surface area (Å²) in [6.45, 7) is 0.906. The van der Waals surface area contributed by atoms with Crippen molar-refractivity contribution in [1.29, 1.82) is 0 Å². The molecule has 1 aromatic heterocycles. The number of anilines is 1. The topological polar surface area (TPSA) is 97.4 Å². The van der Waals surface area contributed by atoms with Gasteiger partial charge in [-0.1, -0.05) is 17.7 Å². The molecule has 0 saturated heterocycles. The van der Waals surface area contributed by atoms with E-state index < -0.39 is 36.2 Å². The van der Waals surface area contributed by atoms with E-state index in [2.05, 4.69) is 15.6 Å². The second kappa shape index (κ2) is 8.91. The third kappa shape index (κ3) is 5.82. The van der Waals surface area contributed by atoms with Crippen molar-refractivity contribution in [2.45, 2.75) is 13.0 Å². The van der Waals surface area contributed by atoms with Crippen LogP contribution in [0.4, 0.5) is 10.2 Å². The Bertz CT molecular complexity index is 814. The third-order valence-electron chi connectivity index (χ3n) is 3.14. The zero-order valence-electron chi connectivity index (χ0n) is 13.7. The average Bonchev–Trinajstić information content (AvgIpc) is 2.61. The highest BCUT2D eigenvalue weighted by Gasteiger charge is 2.19. The zero-order chi connectivity index (χ0) is 19.1. The van der Waals surface area contributed by atoms with Crippen molar-refractivity contribution in [2.24, 2.45) is 0 Å². The number of ether oxygens (including phenoxy) is 1. The lowest BCUT2D eigenvalue weighted by Crippen LogP contribution is -2.36. The van der Waals surface area contributed by atoms with Crippen molar-refractivity contribution in [1.82, 2.24) is 10.3 Å². The minimum Gasteiger partial charge on any atom is -0.451 e. The van der Waals surface area contributed by atoms with Crippen LogP contribution in [-0.4, -0.2) is 35.4 Å². The van der Waals surface area contributed by atoms with Crippen LogP contribution < -0.4 is 10.6 Å². The van der Waals surface area contributed by atoms with Gasteiger partial charge >= 0.3 is 5.97 Å². The van der Waals surface area contributed by atoms with Gasteiger partial charge in [0.05, 0.1) is 5.02 Å². The van der Waals surface area contributed by atoms with Gasteiger partial charge in [0.15, 0.2) is 6.10 Å². The first-order valence-corrected chi connectivity index (χ1v) is 7.88. The summed E-state index contributed by atoms with van der Waals surface area (Å²) < 4.78 is 18.0. The summed E-state index contributed by atoms with van der Waals surface area (Å²) in [5.41, 5.74) is 0.0670. The number of carbonyl (C=O) groups excluding carboxylic acids is 3. The number of hydrogen-bond donors (Lipinski definition) is 2. The lowest BCUT2D eigenvalue weighted by atomic mass is 10.2. The molecule has 9 heteroatoms. The molecule has 1 heterocycles. The van der Waals surface area contributed by atoms with Crippen LogP contribution in [0.15, 0.2) is 42.6 Å². The molecule has 136 valence electrons. The fourth-order valence-corrected chi connectivity index (χ4v) is 1.97. The highest BCUT2D eigenvalue weighted by molar-refractivity contribution is 6.30. The molecular weight excluding hydrogens is 365 g/mol. The smallest absolute Gasteiger partial charge is 0.326 e. The Hall–Kier alpha value is -3.00. The Morgan fingerprint density at radius 2 is 2.04 bits per heavy atom. The standard InChI is InChI=1S/C17H15ClFN3O4/c1-10(16(24)22-14-6-5-12(18)8-20-14)26-15(23)9-21-17(25)11-3-2-4-13(19)7-11/h2-8,10H,9H2,1H3,(H,21,25)(H,20,22,24)/t10-/m0/s1. The molecule has 2 rings (SSSR count). The van der Waals surface area contributed by atoms with Gasteiger partial charge in [0.25, 0.3) is 11.8 Å². The van der Waals surface area contributed by atoms with Gasteiger partial charge < -0.3 is 15.4 Å². The fraction of sp³-hybridized carbons (Fsp3) is 0.176. The van der Waals surface area contributed by atoms with Crippen LogP contribution in [-0.2, 0) is 14.3 Å². The Labute approximate surface area is 153 Å². The molecule has 0 fully saturated rings. The van der Waals surface area contributed by atoms with Gasteiger partial charge in [-0.3, -0.25) is 14.4 Å². The molecule has 2 aromatic rings. The van der Waals surface area contributed by atoms with E-state index in [1.807, 2.05) is 0 Å². The summed E-state index contributed by atoms with van der Waals surface area (Å²) in [4.78, 5) is 39.4. The van der Waals surface area contributed by atoms with E-state index in [1.165, 1.54) is 37.4 Å². The van der Waals surface area contributed by atoms with Crippen LogP contribution in [0.25, 0.3) is 0 Å². The average molecular weight is 380 g/mol. The van der Waals surface area contributed by atoms with Gasteiger partial charge in [0.1, 0.15) is 18.2 Å². The molecule has 0 aliphatic rings. The number of halogens is 2. The van der Waals surface area contributed by atoms with Crippen LogP contribution in [0.1, 0.15) is 17.3 Å². The predicted molar refractivity (Wildman–Crippen MR) is 92.2 cm³/mol. The number of hydrogen-bond acceptors (Lipinski definition) is 5. The van der Waals surface area contributed by atoms with E-state index in [-0.39, 0.29) is 11.4 Å². The summed E-state index contributed by atoms with van der Waals surface area (Å²) >= 11 is 5.69. The number of carbonyl (C=O) groups is 3. The van der Waals surface area contributed by atoms with Crippen LogP contribution in [0.2, 0.25) is 5.02 Å². The van der Waals surface area contributed by atoms with Gasteiger partial charge in [0.2, 0.25) is 0 Å². The molecular formula is C17H15ClFN3O4. The Balaban J connectivity index is 1.80. The largest absolute Gasteiger partial charge is 0.451 e. The number of aromatic nitrogens is 1. The van der Waals surface area contributed by atoms with E-state index >= 15 is 0 Å². The lowest BCUT2D eigenvalue weighted by molar-refractivity contribution is -0.152. The molecule has 2 N–H and O–H groups in total.